The Hall–Kier alpha value is -5.62. The number of hydrogen-bond donors (Lipinski definition) is 2. The lowest BCUT2D eigenvalue weighted by atomic mass is 9.79. The first-order valence-corrected chi connectivity index (χ1v) is 15.9. The molecule has 3 atom stereocenters. The second kappa shape index (κ2) is 13.9. The van der Waals surface area contributed by atoms with Gasteiger partial charge in [0.2, 0.25) is 0 Å². The van der Waals surface area contributed by atoms with E-state index in [1.807, 2.05) is 84.9 Å². The van der Waals surface area contributed by atoms with Gasteiger partial charge in [-0.2, -0.15) is 0 Å². The van der Waals surface area contributed by atoms with Crippen molar-refractivity contribution < 1.29 is 28.8 Å². The number of aliphatic hydroxyl groups is 1. The Morgan fingerprint density at radius 3 is 2.02 bits per heavy atom. The standard InChI is InChI=1S/C38H35N5O6/c1-46-29-17-13-27(14-18-29)38(26-11-7-4-8-12-26,28-15-19-30(47-2)20-16-28)49-31-21-33(48-32(31)22-44)43-24-41-34-35(39-23-40-36(34)43)42-37(45)25-9-5-3-6-10-25/h3-20,23-24,31-33,44H,21-22H2,1-2H3,(H,39,40,42,45)/t31-,32-,33-/m1/s1. The van der Waals surface area contributed by atoms with E-state index in [1.54, 1.807) is 49.4 Å². The van der Waals surface area contributed by atoms with Crippen LogP contribution in [-0.4, -0.2) is 63.6 Å². The number of methoxy groups -OCH3 is 2. The Bertz CT molecular complexity index is 1970. The summed E-state index contributed by atoms with van der Waals surface area (Å²) in [5.41, 5.74) is 2.90. The first kappa shape index (κ1) is 32.0. The van der Waals surface area contributed by atoms with Crippen molar-refractivity contribution in [3.8, 4) is 11.5 Å². The van der Waals surface area contributed by atoms with Gasteiger partial charge in [0.25, 0.3) is 5.91 Å². The third kappa shape index (κ3) is 6.11. The van der Waals surface area contributed by atoms with Crippen molar-refractivity contribution in [2.24, 2.45) is 0 Å². The first-order chi connectivity index (χ1) is 24.0. The van der Waals surface area contributed by atoms with Gasteiger partial charge < -0.3 is 29.4 Å². The summed E-state index contributed by atoms with van der Waals surface area (Å²) in [6.07, 6.45) is 1.52. The number of imidazole rings is 1. The maximum atomic E-state index is 12.9. The van der Waals surface area contributed by atoms with Gasteiger partial charge in [-0.05, 0) is 53.1 Å². The average Bonchev–Trinajstić information content (AvgIpc) is 3.79. The molecule has 2 aromatic heterocycles. The molecule has 1 aliphatic heterocycles. The fourth-order valence-corrected chi connectivity index (χ4v) is 6.34. The van der Waals surface area contributed by atoms with Crippen LogP contribution in [0.3, 0.4) is 0 Å². The predicted octanol–water partition coefficient (Wildman–Crippen LogP) is 5.75. The maximum Gasteiger partial charge on any atom is 0.256 e. The summed E-state index contributed by atoms with van der Waals surface area (Å²) in [5.74, 6) is 1.40. The highest BCUT2D eigenvalue weighted by atomic mass is 16.6. The minimum absolute atomic E-state index is 0.280. The number of fused-ring (bicyclic) bond motifs is 1. The molecule has 248 valence electrons. The third-order valence-electron chi connectivity index (χ3n) is 8.80. The van der Waals surface area contributed by atoms with Crippen molar-refractivity contribution in [1.29, 1.82) is 0 Å². The van der Waals surface area contributed by atoms with E-state index in [0.29, 0.717) is 34.6 Å². The molecule has 11 nitrogen and oxygen atoms in total. The normalized spacial score (nSPS) is 17.6. The van der Waals surface area contributed by atoms with Gasteiger partial charge in [-0.25, -0.2) is 15.0 Å². The van der Waals surface area contributed by atoms with E-state index in [4.69, 9.17) is 18.9 Å². The molecule has 0 bridgehead atoms. The number of benzene rings is 4. The molecule has 4 aromatic carbocycles. The Morgan fingerprint density at radius 2 is 1.43 bits per heavy atom. The molecular formula is C38H35N5O6. The average molecular weight is 658 g/mol. The number of aromatic nitrogens is 4. The van der Waals surface area contributed by atoms with Gasteiger partial charge >= 0.3 is 0 Å². The van der Waals surface area contributed by atoms with Crippen molar-refractivity contribution in [2.45, 2.75) is 30.5 Å². The number of carbonyl (C=O) groups excluding carboxylic acids is 1. The van der Waals surface area contributed by atoms with E-state index >= 15 is 0 Å². The third-order valence-corrected chi connectivity index (χ3v) is 8.80. The molecule has 0 spiro atoms. The summed E-state index contributed by atoms with van der Waals surface area (Å²) < 4.78 is 26.5. The molecule has 1 fully saturated rings. The quantitative estimate of drug-likeness (QED) is 0.167. The lowest BCUT2D eigenvalue weighted by Gasteiger charge is -2.39. The van der Waals surface area contributed by atoms with Crippen molar-refractivity contribution in [2.75, 3.05) is 26.1 Å². The van der Waals surface area contributed by atoms with Gasteiger partial charge in [0, 0.05) is 12.0 Å². The van der Waals surface area contributed by atoms with Gasteiger partial charge in [-0.3, -0.25) is 9.36 Å². The van der Waals surface area contributed by atoms with Crippen LogP contribution >= 0.6 is 0 Å². The van der Waals surface area contributed by atoms with Crippen molar-refractivity contribution in [1.82, 2.24) is 19.5 Å². The van der Waals surface area contributed by atoms with Crippen molar-refractivity contribution >= 4 is 22.9 Å². The van der Waals surface area contributed by atoms with Crippen LogP contribution in [0.1, 0.15) is 39.7 Å². The zero-order valence-corrected chi connectivity index (χ0v) is 27.0. The van der Waals surface area contributed by atoms with Crippen LogP contribution in [-0.2, 0) is 15.1 Å². The Morgan fingerprint density at radius 1 is 0.837 bits per heavy atom. The number of hydrogen-bond acceptors (Lipinski definition) is 9. The molecule has 0 unspecified atom stereocenters. The molecule has 7 rings (SSSR count). The molecule has 6 aromatic rings. The van der Waals surface area contributed by atoms with E-state index in [-0.39, 0.29) is 18.3 Å². The molecule has 1 saturated heterocycles. The molecule has 0 aliphatic carbocycles. The smallest absolute Gasteiger partial charge is 0.256 e. The monoisotopic (exact) mass is 657 g/mol. The van der Waals surface area contributed by atoms with Gasteiger partial charge in [0.1, 0.15) is 35.8 Å². The van der Waals surface area contributed by atoms with Gasteiger partial charge in [0.15, 0.2) is 17.0 Å². The minimum atomic E-state index is -1.11. The SMILES string of the molecule is COc1ccc(C(O[C@@H]2C[C@H](n3cnc4c(NC(=O)c5ccccc5)ncnc43)O[C@@H]2CO)(c2ccccc2)c2ccc(OC)cc2)cc1. The fraction of sp³-hybridized carbons (Fsp3) is 0.211. The highest BCUT2D eigenvalue weighted by Crippen LogP contribution is 2.46. The minimum Gasteiger partial charge on any atom is -0.497 e. The Balaban J connectivity index is 1.26. The lowest BCUT2D eigenvalue weighted by molar-refractivity contribution is -0.0988. The second-order valence-corrected chi connectivity index (χ2v) is 11.6. The number of ether oxygens (including phenoxy) is 4. The molecular weight excluding hydrogens is 622 g/mol. The summed E-state index contributed by atoms with van der Waals surface area (Å²) in [6.45, 7) is -0.280. The van der Waals surface area contributed by atoms with Gasteiger partial charge in [0.05, 0.1) is 33.3 Å². The summed E-state index contributed by atoms with van der Waals surface area (Å²) >= 11 is 0. The number of rotatable bonds is 11. The molecule has 1 aliphatic rings. The molecule has 0 saturated carbocycles. The highest BCUT2D eigenvalue weighted by Gasteiger charge is 2.46. The molecule has 1 amide bonds. The van der Waals surface area contributed by atoms with Crippen LogP contribution < -0.4 is 14.8 Å². The number of nitrogens with one attached hydrogen (secondary N) is 1. The van der Waals surface area contributed by atoms with Crippen LogP contribution in [0.15, 0.2) is 122 Å². The number of anilines is 1. The number of nitrogens with zero attached hydrogens (tertiary/aromatic N) is 4. The molecule has 2 N–H and O–H groups in total. The molecule has 49 heavy (non-hydrogen) atoms. The summed E-state index contributed by atoms with van der Waals surface area (Å²) in [7, 11) is 3.26. The maximum absolute atomic E-state index is 12.9. The lowest BCUT2D eigenvalue weighted by Crippen LogP contribution is -2.40. The molecule has 3 heterocycles. The van der Waals surface area contributed by atoms with Crippen LogP contribution in [0, 0.1) is 0 Å². The highest BCUT2D eigenvalue weighted by molar-refractivity contribution is 6.06. The van der Waals surface area contributed by atoms with Crippen LogP contribution in [0.25, 0.3) is 11.2 Å². The van der Waals surface area contributed by atoms with Gasteiger partial charge in [-0.1, -0.05) is 72.8 Å². The summed E-state index contributed by atoms with van der Waals surface area (Å²) in [4.78, 5) is 26.2. The zero-order chi connectivity index (χ0) is 33.8. The molecule has 11 heteroatoms. The summed E-state index contributed by atoms with van der Waals surface area (Å²) in [5, 5.41) is 13.5. The van der Waals surface area contributed by atoms with E-state index in [2.05, 4.69) is 20.3 Å². The van der Waals surface area contributed by atoms with E-state index < -0.39 is 24.0 Å². The predicted molar refractivity (Wildman–Crippen MR) is 183 cm³/mol. The Kier molecular flexibility index (Phi) is 9.03. The van der Waals surface area contributed by atoms with Gasteiger partial charge in [-0.15, -0.1) is 0 Å². The summed E-state index contributed by atoms with van der Waals surface area (Å²) in [6, 6.07) is 34.4. The van der Waals surface area contributed by atoms with E-state index in [9.17, 15) is 9.90 Å². The Labute approximate surface area is 283 Å². The van der Waals surface area contributed by atoms with Crippen molar-refractivity contribution in [3.05, 3.63) is 144 Å². The van der Waals surface area contributed by atoms with Crippen LogP contribution in [0.4, 0.5) is 5.82 Å². The first-order valence-electron chi connectivity index (χ1n) is 15.9. The van der Waals surface area contributed by atoms with E-state index in [1.165, 1.54) is 6.33 Å². The zero-order valence-electron chi connectivity index (χ0n) is 27.0. The van der Waals surface area contributed by atoms with Crippen LogP contribution in [0.5, 0.6) is 11.5 Å². The largest absolute Gasteiger partial charge is 0.497 e. The fourth-order valence-electron chi connectivity index (χ4n) is 6.34. The number of carbonyl (C=O) groups is 1. The topological polar surface area (TPSA) is 130 Å². The second-order valence-electron chi connectivity index (χ2n) is 11.6. The van der Waals surface area contributed by atoms with Crippen LogP contribution in [0.2, 0.25) is 0 Å². The molecule has 0 radical (unpaired) electrons. The van der Waals surface area contributed by atoms with Crippen molar-refractivity contribution in [3.63, 3.8) is 0 Å². The number of amides is 1. The number of aliphatic hydroxyl groups excluding tert-OH is 1. The van der Waals surface area contributed by atoms with E-state index in [0.717, 1.165) is 16.7 Å².